The van der Waals surface area contributed by atoms with Crippen LogP contribution in [-0.4, -0.2) is 45.5 Å². The van der Waals surface area contributed by atoms with Crippen molar-refractivity contribution in [3.05, 3.63) is 60.2 Å². The number of amides is 1. The molecule has 2 aromatic heterocycles. The van der Waals surface area contributed by atoms with Crippen molar-refractivity contribution >= 4 is 16.9 Å². The van der Waals surface area contributed by atoms with Gasteiger partial charge in [0.05, 0.1) is 24.2 Å². The molecule has 1 fully saturated rings. The van der Waals surface area contributed by atoms with E-state index in [1.807, 2.05) is 41.3 Å². The molecular weight excluding hydrogens is 316 g/mol. The lowest BCUT2D eigenvalue weighted by Crippen LogP contribution is -2.42. The number of benzene rings is 1. The number of morpholine rings is 1. The molecule has 25 heavy (non-hydrogen) atoms. The lowest BCUT2D eigenvalue weighted by molar-refractivity contribution is -0.139. The van der Waals surface area contributed by atoms with Gasteiger partial charge in [-0.2, -0.15) is 0 Å². The van der Waals surface area contributed by atoms with Gasteiger partial charge >= 0.3 is 0 Å². The zero-order valence-electron chi connectivity index (χ0n) is 13.9. The minimum absolute atomic E-state index is 0.0769. The number of hydrogen-bond acceptors (Lipinski definition) is 4. The lowest BCUT2D eigenvalue weighted by Gasteiger charge is -2.33. The van der Waals surface area contributed by atoms with Gasteiger partial charge in [0.25, 0.3) is 0 Å². The largest absolute Gasteiger partial charge is 0.370 e. The number of aromatic amines is 1. The van der Waals surface area contributed by atoms with E-state index in [2.05, 4.69) is 15.0 Å². The molecule has 0 bridgehead atoms. The predicted molar refractivity (Wildman–Crippen MR) is 93.9 cm³/mol. The van der Waals surface area contributed by atoms with Gasteiger partial charge in [-0.3, -0.25) is 9.78 Å². The van der Waals surface area contributed by atoms with Crippen LogP contribution in [-0.2, 0) is 16.0 Å². The standard InChI is InChI=1S/C19H20N4O2/c24-19(6-5-18-21-15-3-1-2-4-16(15)22-18)23-11-12-25-17(13-23)14-7-9-20-10-8-14/h1-4,7-10,17H,5-6,11-13H2,(H,21,22)/t17-/m0/s1. The molecule has 3 aromatic rings. The van der Waals surface area contributed by atoms with Crippen molar-refractivity contribution in [2.24, 2.45) is 0 Å². The molecule has 128 valence electrons. The molecule has 1 N–H and O–H groups in total. The van der Waals surface area contributed by atoms with E-state index >= 15 is 0 Å². The zero-order chi connectivity index (χ0) is 17.1. The van der Waals surface area contributed by atoms with Gasteiger partial charge in [-0.1, -0.05) is 12.1 Å². The summed E-state index contributed by atoms with van der Waals surface area (Å²) in [5.41, 5.74) is 3.01. The first-order chi connectivity index (χ1) is 12.3. The minimum atomic E-state index is -0.0769. The Morgan fingerprint density at radius 1 is 1.24 bits per heavy atom. The number of aryl methyl sites for hydroxylation is 1. The van der Waals surface area contributed by atoms with Crippen molar-refractivity contribution in [2.75, 3.05) is 19.7 Å². The van der Waals surface area contributed by atoms with Crippen LogP contribution in [0.1, 0.15) is 23.9 Å². The van der Waals surface area contributed by atoms with Crippen LogP contribution in [0, 0.1) is 0 Å². The number of rotatable bonds is 4. The molecule has 6 nitrogen and oxygen atoms in total. The molecular formula is C19H20N4O2. The van der Waals surface area contributed by atoms with Crippen molar-refractivity contribution in [1.29, 1.82) is 0 Å². The topological polar surface area (TPSA) is 71.1 Å². The van der Waals surface area contributed by atoms with Gasteiger partial charge in [0.1, 0.15) is 11.9 Å². The average molecular weight is 336 g/mol. The highest BCUT2D eigenvalue weighted by Gasteiger charge is 2.25. The van der Waals surface area contributed by atoms with Gasteiger partial charge in [0.15, 0.2) is 0 Å². The number of nitrogens with zero attached hydrogens (tertiary/aromatic N) is 3. The maximum atomic E-state index is 12.6. The fourth-order valence-corrected chi connectivity index (χ4v) is 3.16. The minimum Gasteiger partial charge on any atom is -0.370 e. The van der Waals surface area contributed by atoms with Gasteiger partial charge in [-0.25, -0.2) is 4.98 Å². The summed E-state index contributed by atoms with van der Waals surface area (Å²) >= 11 is 0. The maximum absolute atomic E-state index is 12.6. The molecule has 0 unspecified atom stereocenters. The second-order valence-corrected chi connectivity index (χ2v) is 6.18. The van der Waals surface area contributed by atoms with Crippen LogP contribution in [0.5, 0.6) is 0 Å². The summed E-state index contributed by atoms with van der Waals surface area (Å²) in [7, 11) is 0. The molecule has 3 heterocycles. The van der Waals surface area contributed by atoms with Crippen molar-refractivity contribution < 1.29 is 9.53 Å². The number of fused-ring (bicyclic) bond motifs is 1. The van der Waals surface area contributed by atoms with Crippen LogP contribution in [0.2, 0.25) is 0 Å². The fourth-order valence-electron chi connectivity index (χ4n) is 3.16. The normalized spacial score (nSPS) is 17.8. The van der Waals surface area contributed by atoms with E-state index < -0.39 is 0 Å². The van der Waals surface area contributed by atoms with Crippen LogP contribution in [0.25, 0.3) is 11.0 Å². The Morgan fingerprint density at radius 2 is 2.08 bits per heavy atom. The van der Waals surface area contributed by atoms with Gasteiger partial charge in [-0.05, 0) is 29.8 Å². The molecule has 1 aliphatic heterocycles. The molecule has 1 saturated heterocycles. The van der Waals surface area contributed by atoms with Crippen LogP contribution in [0.4, 0.5) is 0 Å². The average Bonchev–Trinajstić information content (AvgIpc) is 3.10. The molecule has 0 saturated carbocycles. The molecule has 1 atom stereocenters. The summed E-state index contributed by atoms with van der Waals surface area (Å²) in [5, 5.41) is 0. The van der Waals surface area contributed by atoms with Crippen molar-refractivity contribution in [2.45, 2.75) is 18.9 Å². The van der Waals surface area contributed by atoms with E-state index in [0.29, 0.717) is 32.5 Å². The molecule has 0 spiro atoms. The monoisotopic (exact) mass is 336 g/mol. The fraction of sp³-hybridized carbons (Fsp3) is 0.316. The number of para-hydroxylation sites is 2. The van der Waals surface area contributed by atoms with Crippen LogP contribution in [0.3, 0.4) is 0 Å². The van der Waals surface area contributed by atoms with Crippen LogP contribution < -0.4 is 0 Å². The lowest BCUT2D eigenvalue weighted by atomic mass is 10.1. The number of aromatic nitrogens is 3. The Labute approximate surface area is 145 Å². The second kappa shape index (κ2) is 7.03. The SMILES string of the molecule is O=C(CCc1nc2ccccc2[nH]1)N1CCO[C@H](c2ccncc2)C1. The van der Waals surface area contributed by atoms with Gasteiger partial charge in [0.2, 0.25) is 5.91 Å². The smallest absolute Gasteiger partial charge is 0.223 e. The molecule has 4 rings (SSSR count). The molecule has 1 amide bonds. The number of imidazole rings is 1. The van der Waals surface area contributed by atoms with E-state index in [-0.39, 0.29) is 12.0 Å². The second-order valence-electron chi connectivity index (χ2n) is 6.18. The summed E-state index contributed by atoms with van der Waals surface area (Å²) < 4.78 is 5.81. The molecule has 1 aliphatic rings. The predicted octanol–water partition coefficient (Wildman–Crippen LogP) is 2.49. The Balaban J connectivity index is 1.37. The van der Waals surface area contributed by atoms with Crippen LogP contribution in [0.15, 0.2) is 48.8 Å². The highest BCUT2D eigenvalue weighted by Crippen LogP contribution is 2.22. The third-order valence-corrected chi connectivity index (χ3v) is 4.51. The summed E-state index contributed by atoms with van der Waals surface area (Å²) in [5.74, 6) is 0.997. The highest BCUT2D eigenvalue weighted by molar-refractivity contribution is 5.77. The first-order valence-electron chi connectivity index (χ1n) is 8.52. The molecule has 1 aromatic carbocycles. The Morgan fingerprint density at radius 3 is 2.92 bits per heavy atom. The summed E-state index contributed by atoms with van der Waals surface area (Å²) in [6.07, 6.45) is 4.49. The Bertz CT molecular complexity index is 829. The maximum Gasteiger partial charge on any atom is 0.223 e. The van der Waals surface area contributed by atoms with E-state index in [1.165, 1.54) is 0 Å². The van der Waals surface area contributed by atoms with Crippen molar-refractivity contribution in [3.8, 4) is 0 Å². The highest BCUT2D eigenvalue weighted by atomic mass is 16.5. The Hall–Kier alpha value is -2.73. The van der Waals surface area contributed by atoms with E-state index in [0.717, 1.165) is 22.4 Å². The molecule has 6 heteroatoms. The summed E-state index contributed by atoms with van der Waals surface area (Å²) in [4.78, 5) is 26.3. The number of carbonyl (C=O) groups is 1. The Kier molecular flexibility index (Phi) is 4.43. The van der Waals surface area contributed by atoms with E-state index in [9.17, 15) is 4.79 Å². The third-order valence-electron chi connectivity index (χ3n) is 4.51. The van der Waals surface area contributed by atoms with Crippen molar-refractivity contribution in [1.82, 2.24) is 19.9 Å². The van der Waals surface area contributed by atoms with E-state index in [4.69, 9.17) is 4.74 Å². The van der Waals surface area contributed by atoms with Crippen LogP contribution >= 0.6 is 0 Å². The van der Waals surface area contributed by atoms with Gasteiger partial charge in [0, 0.05) is 31.8 Å². The third kappa shape index (κ3) is 3.53. The number of hydrogen-bond donors (Lipinski definition) is 1. The summed E-state index contributed by atoms with van der Waals surface area (Å²) in [6, 6.07) is 11.8. The molecule has 0 aliphatic carbocycles. The number of carbonyl (C=O) groups excluding carboxylic acids is 1. The van der Waals surface area contributed by atoms with Crippen molar-refractivity contribution in [3.63, 3.8) is 0 Å². The number of H-pyrrole nitrogens is 1. The first kappa shape index (κ1) is 15.8. The van der Waals surface area contributed by atoms with Gasteiger partial charge in [-0.15, -0.1) is 0 Å². The zero-order valence-corrected chi connectivity index (χ0v) is 13.9. The number of pyridine rings is 1. The summed E-state index contributed by atoms with van der Waals surface area (Å²) in [6.45, 7) is 1.78. The quantitative estimate of drug-likeness (QED) is 0.794. The molecule has 0 radical (unpaired) electrons. The number of nitrogens with one attached hydrogen (secondary N) is 1. The number of ether oxygens (including phenoxy) is 1. The van der Waals surface area contributed by atoms with E-state index in [1.54, 1.807) is 12.4 Å². The first-order valence-corrected chi connectivity index (χ1v) is 8.52. The van der Waals surface area contributed by atoms with Gasteiger partial charge < -0.3 is 14.6 Å².